The van der Waals surface area contributed by atoms with Crippen molar-refractivity contribution in [1.82, 2.24) is 4.98 Å². The van der Waals surface area contributed by atoms with E-state index in [4.69, 9.17) is 9.84 Å². The number of ether oxygens (including phenoxy) is 1. The molecule has 0 atom stereocenters. The molecule has 0 aliphatic carbocycles. The third-order valence-corrected chi connectivity index (χ3v) is 3.70. The number of aromatic carboxylic acids is 1. The summed E-state index contributed by atoms with van der Waals surface area (Å²) in [5.41, 5.74) is 0.985. The van der Waals surface area contributed by atoms with Gasteiger partial charge < -0.3 is 9.84 Å². The van der Waals surface area contributed by atoms with Crippen molar-refractivity contribution >= 4 is 44.5 Å². The number of hydrogen-bond donors (Lipinski definition) is 1. The lowest BCUT2D eigenvalue weighted by Crippen LogP contribution is -2.02. The minimum atomic E-state index is -0.969. The van der Waals surface area contributed by atoms with Gasteiger partial charge in [-0.05, 0) is 68.9 Å². The minimum Gasteiger partial charge on any atom is -0.486 e. The largest absolute Gasteiger partial charge is 0.486 e. The number of nitrogens with zero attached hydrogens (tertiary/aromatic N) is 1. The highest BCUT2D eigenvalue weighted by Gasteiger charge is 2.08. The van der Waals surface area contributed by atoms with E-state index in [-0.39, 0.29) is 5.56 Å². The molecule has 1 aromatic carbocycles. The molecule has 1 aromatic heterocycles. The molecule has 0 radical (unpaired) electrons. The van der Waals surface area contributed by atoms with Gasteiger partial charge in [0.1, 0.15) is 12.4 Å². The van der Waals surface area contributed by atoms with Crippen LogP contribution < -0.4 is 4.74 Å². The molecular formula is C13H9BrINO3. The maximum atomic E-state index is 10.9. The molecule has 0 unspecified atom stereocenters. The smallest absolute Gasteiger partial charge is 0.335 e. The van der Waals surface area contributed by atoms with Gasteiger partial charge in [0.05, 0.1) is 14.8 Å². The third-order valence-electron chi connectivity index (χ3n) is 2.34. The molecule has 0 bridgehead atoms. The monoisotopic (exact) mass is 433 g/mol. The molecule has 2 rings (SSSR count). The molecule has 0 saturated carbocycles. The van der Waals surface area contributed by atoms with E-state index in [1.807, 2.05) is 12.1 Å². The average molecular weight is 434 g/mol. The first-order chi connectivity index (χ1) is 9.06. The summed E-state index contributed by atoms with van der Waals surface area (Å²) in [5, 5.41) is 8.94. The molecule has 19 heavy (non-hydrogen) atoms. The Hall–Kier alpha value is -1.15. The molecule has 0 fully saturated rings. The van der Waals surface area contributed by atoms with E-state index in [9.17, 15) is 4.79 Å². The molecule has 2 aromatic rings. The summed E-state index contributed by atoms with van der Waals surface area (Å²) in [5.74, 6) is -0.423. The summed E-state index contributed by atoms with van der Waals surface area (Å²) in [4.78, 5) is 15.1. The first kappa shape index (κ1) is 14.3. The maximum absolute atomic E-state index is 10.9. The summed E-state index contributed by atoms with van der Waals surface area (Å²) in [6.45, 7) is 0.298. The lowest BCUT2D eigenvalue weighted by molar-refractivity contribution is 0.0696. The van der Waals surface area contributed by atoms with Crippen LogP contribution in [0.1, 0.15) is 16.1 Å². The van der Waals surface area contributed by atoms with Crippen LogP contribution in [0.15, 0.2) is 41.0 Å². The summed E-state index contributed by atoms with van der Waals surface area (Å²) < 4.78 is 7.37. The number of carbonyl (C=O) groups is 1. The second kappa shape index (κ2) is 6.33. The van der Waals surface area contributed by atoms with Gasteiger partial charge >= 0.3 is 5.97 Å². The lowest BCUT2D eigenvalue weighted by atomic mass is 10.2. The van der Waals surface area contributed by atoms with Crippen molar-refractivity contribution in [3.63, 3.8) is 0 Å². The SMILES string of the molecule is O=C(O)c1ccc(I)c(OCc2ccc(Br)cn2)c1. The number of benzene rings is 1. The molecular weight excluding hydrogens is 425 g/mol. The minimum absolute atomic E-state index is 0.208. The van der Waals surface area contributed by atoms with Gasteiger partial charge in [-0.15, -0.1) is 0 Å². The van der Waals surface area contributed by atoms with Crippen LogP contribution >= 0.6 is 38.5 Å². The van der Waals surface area contributed by atoms with Gasteiger partial charge in [0.15, 0.2) is 0 Å². The first-order valence-electron chi connectivity index (χ1n) is 5.32. The highest BCUT2D eigenvalue weighted by atomic mass is 127. The zero-order chi connectivity index (χ0) is 13.8. The lowest BCUT2D eigenvalue weighted by Gasteiger charge is -2.08. The van der Waals surface area contributed by atoms with Crippen LogP contribution in [0.25, 0.3) is 0 Å². The Morgan fingerprint density at radius 2 is 2.16 bits per heavy atom. The fraction of sp³-hybridized carbons (Fsp3) is 0.0769. The van der Waals surface area contributed by atoms with E-state index in [2.05, 4.69) is 43.5 Å². The molecule has 0 spiro atoms. The number of carboxylic acids is 1. The quantitative estimate of drug-likeness (QED) is 0.746. The van der Waals surface area contributed by atoms with Crippen molar-refractivity contribution in [2.45, 2.75) is 6.61 Å². The fourth-order valence-electron chi connectivity index (χ4n) is 1.39. The number of aromatic nitrogens is 1. The van der Waals surface area contributed by atoms with Crippen molar-refractivity contribution < 1.29 is 14.6 Å². The van der Waals surface area contributed by atoms with E-state index < -0.39 is 5.97 Å². The molecule has 1 N–H and O–H groups in total. The Balaban J connectivity index is 2.12. The molecule has 4 nitrogen and oxygen atoms in total. The Kier molecular flexibility index (Phi) is 4.76. The normalized spacial score (nSPS) is 10.2. The van der Waals surface area contributed by atoms with Gasteiger partial charge in [-0.25, -0.2) is 4.79 Å². The van der Waals surface area contributed by atoms with Crippen molar-refractivity contribution in [3.05, 3.63) is 55.8 Å². The standard InChI is InChI=1S/C13H9BrINO3/c14-9-2-3-10(16-6-9)7-19-12-5-8(13(17)18)1-4-11(12)15/h1-6H,7H2,(H,17,18). The van der Waals surface area contributed by atoms with E-state index in [1.165, 1.54) is 6.07 Å². The fourth-order valence-corrected chi connectivity index (χ4v) is 2.12. The van der Waals surface area contributed by atoms with Crippen LogP contribution in [-0.4, -0.2) is 16.1 Å². The summed E-state index contributed by atoms with van der Waals surface area (Å²) in [6, 6.07) is 8.51. The van der Waals surface area contributed by atoms with E-state index in [1.54, 1.807) is 18.3 Å². The average Bonchev–Trinajstić information content (AvgIpc) is 2.39. The summed E-state index contributed by atoms with van der Waals surface area (Å²) >= 11 is 5.41. The molecule has 6 heteroatoms. The summed E-state index contributed by atoms with van der Waals surface area (Å²) in [7, 11) is 0. The Labute approximate surface area is 132 Å². The third kappa shape index (κ3) is 3.90. The van der Waals surface area contributed by atoms with Gasteiger partial charge in [0, 0.05) is 10.7 Å². The zero-order valence-electron chi connectivity index (χ0n) is 9.64. The Bertz CT molecular complexity index is 601. The highest BCUT2D eigenvalue weighted by Crippen LogP contribution is 2.23. The number of halogens is 2. The molecule has 98 valence electrons. The second-order valence-corrected chi connectivity index (χ2v) is 5.78. The molecule has 1 heterocycles. The van der Waals surface area contributed by atoms with E-state index in [0.29, 0.717) is 12.4 Å². The van der Waals surface area contributed by atoms with Crippen LogP contribution in [0.2, 0.25) is 0 Å². The van der Waals surface area contributed by atoms with Crippen LogP contribution in [-0.2, 0) is 6.61 Å². The van der Waals surface area contributed by atoms with Crippen LogP contribution in [0, 0.1) is 3.57 Å². The van der Waals surface area contributed by atoms with Gasteiger partial charge in [-0.2, -0.15) is 0 Å². The van der Waals surface area contributed by atoms with Crippen LogP contribution in [0.5, 0.6) is 5.75 Å². The predicted octanol–water partition coefficient (Wildman–Crippen LogP) is 3.73. The first-order valence-corrected chi connectivity index (χ1v) is 7.19. The summed E-state index contributed by atoms with van der Waals surface area (Å²) in [6.07, 6.45) is 1.69. The molecule has 0 aliphatic heterocycles. The second-order valence-electron chi connectivity index (χ2n) is 3.71. The number of hydrogen-bond acceptors (Lipinski definition) is 3. The number of carboxylic acid groups (broad SMARTS) is 1. The van der Waals surface area contributed by atoms with Crippen molar-refractivity contribution in [3.8, 4) is 5.75 Å². The highest BCUT2D eigenvalue weighted by molar-refractivity contribution is 14.1. The molecule has 0 saturated heterocycles. The van der Waals surface area contributed by atoms with E-state index in [0.717, 1.165) is 13.7 Å². The topological polar surface area (TPSA) is 59.4 Å². The van der Waals surface area contributed by atoms with Crippen molar-refractivity contribution in [1.29, 1.82) is 0 Å². The molecule has 0 amide bonds. The maximum Gasteiger partial charge on any atom is 0.335 e. The van der Waals surface area contributed by atoms with Crippen molar-refractivity contribution in [2.24, 2.45) is 0 Å². The zero-order valence-corrected chi connectivity index (χ0v) is 13.4. The Morgan fingerprint density at radius 3 is 2.79 bits per heavy atom. The van der Waals surface area contributed by atoms with E-state index >= 15 is 0 Å². The molecule has 0 aliphatic rings. The van der Waals surface area contributed by atoms with Gasteiger partial charge in [0.25, 0.3) is 0 Å². The van der Waals surface area contributed by atoms with Gasteiger partial charge in [-0.3, -0.25) is 4.98 Å². The number of pyridine rings is 1. The van der Waals surface area contributed by atoms with Crippen LogP contribution in [0.3, 0.4) is 0 Å². The Morgan fingerprint density at radius 1 is 1.37 bits per heavy atom. The predicted molar refractivity (Wildman–Crippen MR) is 82.4 cm³/mol. The number of rotatable bonds is 4. The van der Waals surface area contributed by atoms with Gasteiger partial charge in [0.2, 0.25) is 0 Å². The van der Waals surface area contributed by atoms with Crippen LogP contribution in [0.4, 0.5) is 0 Å². The van der Waals surface area contributed by atoms with Gasteiger partial charge in [-0.1, -0.05) is 0 Å². The van der Waals surface area contributed by atoms with Crippen molar-refractivity contribution in [2.75, 3.05) is 0 Å².